The molecule has 1 aromatic carbocycles. The van der Waals surface area contributed by atoms with Gasteiger partial charge in [-0.05, 0) is 44.9 Å². The molecule has 0 saturated carbocycles. The van der Waals surface area contributed by atoms with E-state index in [-0.39, 0.29) is 22.2 Å². The van der Waals surface area contributed by atoms with Gasteiger partial charge in [-0.25, -0.2) is 12.8 Å². The molecule has 0 fully saturated rings. The van der Waals surface area contributed by atoms with Crippen molar-refractivity contribution >= 4 is 15.7 Å². The summed E-state index contributed by atoms with van der Waals surface area (Å²) in [5.74, 6) is -0.582. The lowest BCUT2D eigenvalue weighted by Crippen LogP contribution is -2.37. The minimum atomic E-state index is -3.66. The molecule has 19 heavy (non-hydrogen) atoms. The molecule has 1 rings (SSSR count). The molecule has 2 N–H and O–H groups in total. The lowest BCUT2D eigenvalue weighted by Gasteiger charge is -2.26. The first-order valence-corrected chi connectivity index (χ1v) is 7.65. The van der Waals surface area contributed by atoms with Crippen LogP contribution in [0.2, 0.25) is 0 Å². The van der Waals surface area contributed by atoms with Gasteiger partial charge in [0.15, 0.2) is 0 Å². The van der Waals surface area contributed by atoms with Crippen molar-refractivity contribution in [2.75, 3.05) is 12.3 Å². The molecule has 0 bridgehead atoms. The summed E-state index contributed by atoms with van der Waals surface area (Å²) in [5.41, 5.74) is 6.15. The van der Waals surface area contributed by atoms with E-state index in [1.807, 2.05) is 0 Å². The van der Waals surface area contributed by atoms with Gasteiger partial charge in [0.1, 0.15) is 5.82 Å². The van der Waals surface area contributed by atoms with Gasteiger partial charge in [-0.15, -0.1) is 0 Å². The van der Waals surface area contributed by atoms with Crippen LogP contribution in [0.4, 0.5) is 10.1 Å². The lowest BCUT2D eigenvalue weighted by atomic mass is 10.1. The maximum absolute atomic E-state index is 13.5. The summed E-state index contributed by atoms with van der Waals surface area (Å²) in [6.07, 6.45) is 0. The van der Waals surface area contributed by atoms with Gasteiger partial charge in [0, 0.05) is 12.6 Å². The molecule has 4 nitrogen and oxygen atoms in total. The second-order valence-corrected chi connectivity index (χ2v) is 6.67. The van der Waals surface area contributed by atoms with Crippen LogP contribution in [0.1, 0.15) is 31.9 Å². The summed E-state index contributed by atoms with van der Waals surface area (Å²) in [4.78, 5) is 0.113. The van der Waals surface area contributed by atoms with Crippen LogP contribution in [0.15, 0.2) is 11.0 Å². The highest BCUT2D eigenvalue weighted by Crippen LogP contribution is 2.30. The third-order valence-electron chi connectivity index (χ3n) is 3.16. The van der Waals surface area contributed by atoms with E-state index < -0.39 is 15.8 Å². The van der Waals surface area contributed by atoms with Crippen LogP contribution in [0.25, 0.3) is 0 Å². The van der Waals surface area contributed by atoms with Gasteiger partial charge >= 0.3 is 0 Å². The standard InChI is InChI=1S/C13H21FN2O2S/c1-6-16(8(2)3)19(17,18)13-9(4)7-11(14)12(15)10(13)5/h7-8H,6,15H2,1-5H3. The third-order valence-corrected chi connectivity index (χ3v) is 5.60. The van der Waals surface area contributed by atoms with Crippen molar-refractivity contribution in [1.29, 1.82) is 0 Å². The topological polar surface area (TPSA) is 63.4 Å². The van der Waals surface area contributed by atoms with Crippen LogP contribution in [0.3, 0.4) is 0 Å². The Balaban J connectivity index is 3.58. The van der Waals surface area contributed by atoms with E-state index in [4.69, 9.17) is 5.73 Å². The summed E-state index contributed by atoms with van der Waals surface area (Å²) in [6.45, 7) is 8.85. The number of aryl methyl sites for hydroxylation is 1. The Bertz CT molecular complexity index is 583. The fourth-order valence-corrected chi connectivity index (χ4v) is 4.35. The van der Waals surface area contributed by atoms with Gasteiger partial charge in [-0.2, -0.15) is 4.31 Å². The molecule has 0 radical (unpaired) electrons. The van der Waals surface area contributed by atoms with Crippen molar-refractivity contribution < 1.29 is 12.8 Å². The van der Waals surface area contributed by atoms with E-state index in [1.54, 1.807) is 27.7 Å². The van der Waals surface area contributed by atoms with E-state index >= 15 is 0 Å². The Morgan fingerprint density at radius 2 is 1.89 bits per heavy atom. The second kappa shape index (κ2) is 5.46. The second-order valence-electron chi connectivity index (χ2n) is 4.85. The number of nitrogens with two attached hydrogens (primary N) is 1. The van der Waals surface area contributed by atoms with E-state index in [2.05, 4.69) is 0 Å². The van der Waals surface area contributed by atoms with Crippen LogP contribution in [-0.4, -0.2) is 25.3 Å². The average Bonchev–Trinajstić information content (AvgIpc) is 2.25. The molecule has 0 aliphatic heterocycles. The molecule has 0 spiro atoms. The molecule has 6 heteroatoms. The summed E-state index contributed by atoms with van der Waals surface area (Å²) in [6, 6.07) is 1.00. The highest BCUT2D eigenvalue weighted by molar-refractivity contribution is 7.89. The molecule has 0 heterocycles. The van der Waals surface area contributed by atoms with Gasteiger partial charge in [0.2, 0.25) is 10.0 Å². The summed E-state index contributed by atoms with van der Waals surface area (Å²) in [7, 11) is -3.66. The van der Waals surface area contributed by atoms with E-state index in [0.717, 1.165) is 0 Å². The van der Waals surface area contributed by atoms with Gasteiger partial charge in [0.25, 0.3) is 0 Å². The van der Waals surface area contributed by atoms with Crippen LogP contribution in [0.5, 0.6) is 0 Å². The Morgan fingerprint density at radius 1 is 1.37 bits per heavy atom. The van der Waals surface area contributed by atoms with Gasteiger partial charge in [-0.3, -0.25) is 0 Å². The van der Waals surface area contributed by atoms with Gasteiger partial charge < -0.3 is 5.73 Å². The Morgan fingerprint density at radius 3 is 2.32 bits per heavy atom. The molecule has 0 aliphatic rings. The molecule has 108 valence electrons. The fourth-order valence-electron chi connectivity index (χ4n) is 2.26. The van der Waals surface area contributed by atoms with Crippen LogP contribution in [0, 0.1) is 19.7 Å². The highest BCUT2D eigenvalue weighted by Gasteiger charge is 2.30. The summed E-state index contributed by atoms with van der Waals surface area (Å²) in [5, 5.41) is 0. The first-order valence-electron chi connectivity index (χ1n) is 6.21. The van der Waals surface area contributed by atoms with Crippen molar-refractivity contribution in [3.63, 3.8) is 0 Å². The largest absolute Gasteiger partial charge is 0.396 e. The predicted molar refractivity (Wildman–Crippen MR) is 75.0 cm³/mol. The van der Waals surface area contributed by atoms with Crippen molar-refractivity contribution in [1.82, 2.24) is 4.31 Å². The SMILES string of the molecule is CCN(C(C)C)S(=O)(=O)c1c(C)cc(F)c(N)c1C. The molecular weight excluding hydrogens is 267 g/mol. The zero-order valence-electron chi connectivity index (χ0n) is 12.0. The fraction of sp³-hybridized carbons (Fsp3) is 0.538. The number of halogens is 1. The zero-order valence-corrected chi connectivity index (χ0v) is 12.8. The maximum atomic E-state index is 13.5. The molecular formula is C13H21FN2O2S. The number of benzene rings is 1. The highest BCUT2D eigenvalue weighted by atomic mass is 32.2. The van der Waals surface area contributed by atoms with E-state index in [0.29, 0.717) is 12.1 Å². The Labute approximate surface area is 114 Å². The zero-order chi connectivity index (χ0) is 15.0. The van der Waals surface area contributed by atoms with E-state index in [1.165, 1.54) is 17.3 Å². The monoisotopic (exact) mass is 288 g/mol. The molecule has 0 aliphatic carbocycles. The van der Waals surface area contributed by atoms with Gasteiger partial charge in [-0.1, -0.05) is 6.92 Å². The Hall–Kier alpha value is -1.14. The van der Waals surface area contributed by atoms with Crippen molar-refractivity contribution in [3.05, 3.63) is 23.0 Å². The molecule has 0 unspecified atom stereocenters. The molecule has 0 amide bonds. The number of nitrogens with zero attached hydrogens (tertiary/aromatic N) is 1. The van der Waals surface area contributed by atoms with E-state index in [9.17, 15) is 12.8 Å². The summed E-state index contributed by atoms with van der Waals surface area (Å²) < 4.78 is 40.2. The number of sulfonamides is 1. The lowest BCUT2D eigenvalue weighted by molar-refractivity contribution is 0.368. The smallest absolute Gasteiger partial charge is 0.243 e. The number of rotatable bonds is 4. The van der Waals surface area contributed by atoms with Crippen LogP contribution >= 0.6 is 0 Å². The van der Waals surface area contributed by atoms with Crippen molar-refractivity contribution in [3.8, 4) is 0 Å². The molecule has 0 atom stereocenters. The number of hydrogen-bond acceptors (Lipinski definition) is 3. The molecule has 0 saturated heterocycles. The summed E-state index contributed by atoms with van der Waals surface area (Å²) >= 11 is 0. The number of hydrogen-bond donors (Lipinski definition) is 1. The third kappa shape index (κ3) is 2.74. The first-order chi connectivity index (χ1) is 8.64. The minimum absolute atomic E-state index is 0.107. The maximum Gasteiger partial charge on any atom is 0.243 e. The van der Waals surface area contributed by atoms with Crippen LogP contribution in [-0.2, 0) is 10.0 Å². The van der Waals surface area contributed by atoms with Gasteiger partial charge in [0.05, 0.1) is 10.6 Å². The first kappa shape index (κ1) is 15.9. The normalized spacial score (nSPS) is 12.4. The minimum Gasteiger partial charge on any atom is -0.396 e. The van der Waals surface area contributed by atoms with Crippen LogP contribution < -0.4 is 5.73 Å². The van der Waals surface area contributed by atoms with Crippen molar-refractivity contribution in [2.45, 2.75) is 45.6 Å². The number of nitrogen functional groups attached to an aromatic ring is 1. The number of anilines is 1. The molecule has 1 aromatic rings. The molecule has 0 aromatic heterocycles. The average molecular weight is 288 g/mol. The Kier molecular flexibility index (Phi) is 4.58. The quantitative estimate of drug-likeness (QED) is 0.866. The van der Waals surface area contributed by atoms with Crippen molar-refractivity contribution in [2.24, 2.45) is 0 Å². The predicted octanol–water partition coefficient (Wildman–Crippen LogP) is 2.44.